The van der Waals surface area contributed by atoms with Gasteiger partial charge in [0, 0.05) is 58.0 Å². The Labute approximate surface area is 206 Å². The molecule has 0 amide bonds. The molecule has 2 atom stereocenters. The first-order valence-corrected chi connectivity index (χ1v) is 13.2. The maximum absolute atomic E-state index is 13.5. The van der Waals surface area contributed by atoms with Gasteiger partial charge in [-0.25, -0.2) is 4.79 Å². The molecular formula is C25H26N2O5S2. The molecule has 0 saturated heterocycles. The molecule has 1 aliphatic carbocycles. The van der Waals surface area contributed by atoms with Gasteiger partial charge in [0.2, 0.25) is 0 Å². The lowest BCUT2D eigenvalue weighted by molar-refractivity contribution is -0.384. The Bertz CT molecular complexity index is 1150. The summed E-state index contributed by atoms with van der Waals surface area (Å²) < 4.78 is 5.56. The number of rotatable bonds is 8. The van der Waals surface area contributed by atoms with Crippen LogP contribution in [0, 0.1) is 10.1 Å². The summed E-state index contributed by atoms with van der Waals surface area (Å²) in [6, 6.07) is 10.1. The lowest BCUT2D eigenvalue weighted by atomic mass is 9.72. The van der Waals surface area contributed by atoms with Crippen molar-refractivity contribution in [3.8, 4) is 0 Å². The van der Waals surface area contributed by atoms with Gasteiger partial charge in [0.05, 0.1) is 10.5 Å². The number of nitrogens with one attached hydrogen (secondary N) is 1. The van der Waals surface area contributed by atoms with E-state index in [1.807, 2.05) is 31.4 Å². The molecule has 2 aromatic rings. The van der Waals surface area contributed by atoms with Crippen LogP contribution in [0.1, 0.15) is 49.0 Å². The van der Waals surface area contributed by atoms with Crippen molar-refractivity contribution >= 4 is 40.5 Å². The molecule has 0 saturated carbocycles. The molecular weight excluding hydrogens is 472 g/mol. The molecule has 0 radical (unpaired) electrons. The summed E-state index contributed by atoms with van der Waals surface area (Å²) >= 11 is 3.32. The first-order valence-electron chi connectivity index (χ1n) is 11.2. The van der Waals surface area contributed by atoms with Crippen molar-refractivity contribution in [3.63, 3.8) is 0 Å². The van der Waals surface area contributed by atoms with Gasteiger partial charge in [0.25, 0.3) is 5.69 Å². The number of hydrogen-bond acceptors (Lipinski definition) is 8. The zero-order chi connectivity index (χ0) is 24.2. The topological polar surface area (TPSA) is 98.5 Å². The first-order chi connectivity index (χ1) is 16.4. The molecule has 1 N–H and O–H groups in total. The summed E-state index contributed by atoms with van der Waals surface area (Å²) in [7, 11) is 0. The second-order valence-electron chi connectivity index (χ2n) is 8.21. The van der Waals surface area contributed by atoms with E-state index in [1.165, 1.54) is 12.1 Å². The normalized spacial score (nSPS) is 20.1. The maximum atomic E-state index is 13.5. The third-order valence-corrected chi connectivity index (χ3v) is 7.99. The minimum Gasteiger partial charge on any atom is -0.461 e. The molecule has 0 bridgehead atoms. The van der Waals surface area contributed by atoms with Crippen LogP contribution in [0.3, 0.4) is 0 Å². The Morgan fingerprint density at radius 1 is 1.26 bits per heavy atom. The van der Waals surface area contributed by atoms with Crippen molar-refractivity contribution in [1.29, 1.82) is 0 Å². The van der Waals surface area contributed by atoms with E-state index in [0.717, 1.165) is 16.3 Å². The van der Waals surface area contributed by atoms with Crippen LogP contribution < -0.4 is 5.32 Å². The second kappa shape index (κ2) is 10.6. The Balaban J connectivity index is 1.72. The Morgan fingerprint density at radius 2 is 2.03 bits per heavy atom. The molecule has 2 aliphatic rings. The number of carbonyl (C=O) groups excluding carboxylic acids is 2. The number of ether oxygens (including phenoxy) is 1. The van der Waals surface area contributed by atoms with Crippen LogP contribution in [0.5, 0.6) is 0 Å². The molecule has 2 heterocycles. The SMILES string of the molecule is CCSCCOC(=O)C1=C(C)NC2=C(C(=O)C[C@@H](c3cccs3)C2)[C@H]1c1ccc([N+](=O)[O-])cc1. The number of non-ortho nitro benzene ring substituents is 1. The summed E-state index contributed by atoms with van der Waals surface area (Å²) in [4.78, 5) is 38.5. The minimum absolute atomic E-state index is 0.0187. The number of esters is 1. The summed E-state index contributed by atoms with van der Waals surface area (Å²) in [6.07, 6.45) is 1.02. The number of allylic oxidation sites excluding steroid dienone is 3. The fraction of sp³-hybridized carbons (Fsp3) is 0.360. The van der Waals surface area contributed by atoms with E-state index in [0.29, 0.717) is 41.0 Å². The fourth-order valence-electron chi connectivity index (χ4n) is 4.57. The summed E-state index contributed by atoms with van der Waals surface area (Å²) in [6.45, 7) is 4.14. The lowest BCUT2D eigenvalue weighted by Gasteiger charge is -2.36. The molecule has 0 fully saturated rings. The fourth-order valence-corrected chi connectivity index (χ4v) is 5.89. The van der Waals surface area contributed by atoms with Gasteiger partial charge in [-0.1, -0.05) is 25.1 Å². The number of benzene rings is 1. The Hall–Kier alpha value is -2.91. The second-order valence-corrected chi connectivity index (χ2v) is 10.6. The van der Waals surface area contributed by atoms with E-state index < -0.39 is 16.8 Å². The van der Waals surface area contributed by atoms with Crippen LogP contribution >= 0.6 is 23.1 Å². The van der Waals surface area contributed by atoms with Crippen LogP contribution in [-0.4, -0.2) is 34.8 Å². The first kappa shape index (κ1) is 24.2. The highest BCUT2D eigenvalue weighted by Gasteiger charge is 2.41. The number of nitro benzene ring substituents is 1. The monoisotopic (exact) mass is 498 g/mol. The molecule has 7 nitrogen and oxygen atoms in total. The lowest BCUT2D eigenvalue weighted by Crippen LogP contribution is -2.36. The number of dihydropyridines is 1. The van der Waals surface area contributed by atoms with Gasteiger partial charge in [-0.3, -0.25) is 14.9 Å². The number of carbonyl (C=O) groups is 2. The van der Waals surface area contributed by atoms with Gasteiger partial charge in [0.1, 0.15) is 6.61 Å². The molecule has 0 spiro atoms. The highest BCUT2D eigenvalue weighted by Crippen LogP contribution is 2.46. The average Bonchev–Trinajstić information content (AvgIpc) is 3.36. The zero-order valence-corrected chi connectivity index (χ0v) is 20.7. The molecule has 0 unspecified atom stereocenters. The van der Waals surface area contributed by atoms with Crippen LogP contribution in [0.25, 0.3) is 0 Å². The van der Waals surface area contributed by atoms with Crippen molar-refractivity contribution in [2.75, 3.05) is 18.1 Å². The van der Waals surface area contributed by atoms with Gasteiger partial charge in [-0.2, -0.15) is 11.8 Å². The summed E-state index contributed by atoms with van der Waals surface area (Å²) in [5, 5.41) is 16.5. The predicted octanol–water partition coefficient (Wildman–Crippen LogP) is 5.31. The van der Waals surface area contributed by atoms with Crippen LogP contribution in [0.15, 0.2) is 64.3 Å². The number of ketones is 1. The van der Waals surface area contributed by atoms with Crippen molar-refractivity contribution in [1.82, 2.24) is 5.32 Å². The van der Waals surface area contributed by atoms with E-state index in [4.69, 9.17) is 4.74 Å². The number of Topliss-reactive ketones (excluding diaryl/α,β-unsaturated/α-hetero) is 1. The molecule has 178 valence electrons. The van der Waals surface area contributed by atoms with Gasteiger partial charge >= 0.3 is 5.97 Å². The van der Waals surface area contributed by atoms with E-state index in [1.54, 1.807) is 35.2 Å². The predicted molar refractivity (Wildman–Crippen MR) is 134 cm³/mol. The van der Waals surface area contributed by atoms with E-state index in [2.05, 4.69) is 5.32 Å². The minimum atomic E-state index is -0.625. The molecule has 4 rings (SSSR count). The van der Waals surface area contributed by atoms with Crippen molar-refractivity contribution in [2.24, 2.45) is 0 Å². The van der Waals surface area contributed by atoms with Gasteiger partial charge < -0.3 is 10.1 Å². The summed E-state index contributed by atoms with van der Waals surface area (Å²) in [5.74, 6) is 0.602. The van der Waals surface area contributed by atoms with Crippen LogP contribution in [-0.2, 0) is 14.3 Å². The molecule has 1 aromatic carbocycles. The largest absolute Gasteiger partial charge is 0.461 e. The number of nitrogens with zero attached hydrogens (tertiary/aromatic N) is 1. The van der Waals surface area contributed by atoms with Gasteiger partial charge in [-0.15, -0.1) is 11.3 Å². The third kappa shape index (κ3) is 4.95. The van der Waals surface area contributed by atoms with Crippen LogP contribution in [0.4, 0.5) is 5.69 Å². The maximum Gasteiger partial charge on any atom is 0.336 e. The zero-order valence-electron chi connectivity index (χ0n) is 19.0. The number of thioether (sulfide) groups is 1. The smallest absolute Gasteiger partial charge is 0.336 e. The number of hydrogen-bond donors (Lipinski definition) is 1. The number of nitro groups is 1. The van der Waals surface area contributed by atoms with Gasteiger partial charge in [0.15, 0.2) is 5.78 Å². The molecule has 1 aromatic heterocycles. The van der Waals surface area contributed by atoms with E-state index in [-0.39, 0.29) is 24.0 Å². The van der Waals surface area contributed by atoms with Gasteiger partial charge in [-0.05, 0) is 36.1 Å². The Kier molecular flexibility index (Phi) is 7.53. The van der Waals surface area contributed by atoms with E-state index in [9.17, 15) is 19.7 Å². The quantitative estimate of drug-likeness (QED) is 0.228. The molecule has 9 heteroatoms. The molecule has 34 heavy (non-hydrogen) atoms. The van der Waals surface area contributed by atoms with Crippen molar-refractivity contribution < 1.29 is 19.2 Å². The standard InChI is InChI=1S/C25H26N2O5S2/c1-3-33-12-10-32-25(29)22-15(2)26-19-13-17(21-5-4-11-34-21)14-20(28)24(19)23(22)16-6-8-18(9-7-16)27(30)31/h4-9,11,17,23,26H,3,10,12-14H2,1-2H3/t17-,23-/m0/s1. The van der Waals surface area contributed by atoms with Crippen molar-refractivity contribution in [3.05, 3.63) is 84.9 Å². The van der Waals surface area contributed by atoms with Crippen molar-refractivity contribution in [2.45, 2.75) is 38.5 Å². The highest BCUT2D eigenvalue weighted by atomic mass is 32.2. The summed E-state index contributed by atoms with van der Waals surface area (Å²) in [5.41, 5.74) is 3.03. The third-order valence-electron chi connectivity index (χ3n) is 6.10. The average molecular weight is 499 g/mol. The number of thiophene rings is 1. The molecule has 1 aliphatic heterocycles. The Morgan fingerprint density at radius 3 is 2.68 bits per heavy atom. The van der Waals surface area contributed by atoms with E-state index >= 15 is 0 Å². The van der Waals surface area contributed by atoms with Crippen LogP contribution in [0.2, 0.25) is 0 Å². The highest BCUT2D eigenvalue weighted by molar-refractivity contribution is 7.99.